The Morgan fingerprint density at radius 1 is 0.942 bits per heavy atom. The maximum Gasteiger partial charge on any atom is 0.261 e. The molecule has 3 N–H and O–H groups in total. The Hall–Kier alpha value is -4.84. The Kier molecular flexibility index (Phi) is 11.8. The molecular weight excluding hydrogens is 703 g/mol. The topological polar surface area (TPSA) is 147 Å². The van der Waals surface area contributed by atoms with Crippen molar-refractivity contribution in [1.29, 1.82) is 0 Å². The molecule has 2 aromatic heterocycles. The van der Waals surface area contributed by atoms with Gasteiger partial charge in [-0.25, -0.2) is 4.98 Å². The van der Waals surface area contributed by atoms with E-state index in [1.165, 1.54) is 10.9 Å². The van der Waals surface area contributed by atoms with Gasteiger partial charge in [-0.2, -0.15) is 0 Å². The average molecular weight is 744 g/mol. The van der Waals surface area contributed by atoms with Crippen molar-refractivity contribution in [1.82, 2.24) is 24.8 Å². The number of nitrogens with one attached hydrogen (secondary N) is 2. The molecule has 11 nitrogen and oxygen atoms in total. The van der Waals surface area contributed by atoms with E-state index in [0.717, 1.165) is 10.9 Å². The van der Waals surface area contributed by atoms with Crippen LogP contribution in [-0.2, 0) is 22.6 Å². The summed E-state index contributed by atoms with van der Waals surface area (Å²) < 4.78 is 1.40. The molecular formula is C39H40Cl2N6O5. The second kappa shape index (κ2) is 16.7. The first-order valence-electron chi connectivity index (χ1n) is 17.3. The first-order valence-corrected chi connectivity index (χ1v) is 18.3. The van der Waals surface area contributed by atoms with Crippen molar-refractivity contribution in [3.8, 4) is 0 Å². The summed E-state index contributed by atoms with van der Waals surface area (Å²) in [4.78, 5) is 62.7. The largest absolute Gasteiger partial charge is 0.388 e. The number of amides is 3. The SMILES string of the molecule is O=C(CCCl)Nc1ccc2c(=O)n(CC3(O)CCN(C(=O)C(CCCNC(=O)c4ccc5c(Cl)ccnc5c4)Cc4ccccc4)CC3)cnc2c1. The number of piperidine rings is 1. The molecule has 1 saturated heterocycles. The van der Waals surface area contributed by atoms with Crippen LogP contribution in [0, 0.1) is 5.92 Å². The summed E-state index contributed by atoms with van der Waals surface area (Å²) >= 11 is 11.9. The molecule has 52 heavy (non-hydrogen) atoms. The van der Waals surface area contributed by atoms with Crippen LogP contribution in [0.1, 0.15) is 48.0 Å². The third-order valence-corrected chi connectivity index (χ3v) is 10.1. The number of carbonyl (C=O) groups is 3. The van der Waals surface area contributed by atoms with E-state index in [2.05, 4.69) is 20.6 Å². The van der Waals surface area contributed by atoms with Gasteiger partial charge in [-0.15, -0.1) is 11.6 Å². The molecule has 3 amide bonds. The lowest BCUT2D eigenvalue weighted by molar-refractivity contribution is -0.140. The summed E-state index contributed by atoms with van der Waals surface area (Å²) in [6.45, 7) is 1.13. The molecule has 1 aliphatic heterocycles. The van der Waals surface area contributed by atoms with Gasteiger partial charge in [0.2, 0.25) is 11.8 Å². The molecule has 0 spiro atoms. The number of fused-ring (bicyclic) bond motifs is 2. The maximum absolute atomic E-state index is 13.9. The van der Waals surface area contributed by atoms with Crippen LogP contribution in [0.3, 0.4) is 0 Å². The Morgan fingerprint density at radius 2 is 1.69 bits per heavy atom. The highest BCUT2D eigenvalue weighted by Crippen LogP contribution is 2.27. The van der Waals surface area contributed by atoms with Gasteiger partial charge in [0.15, 0.2) is 0 Å². The van der Waals surface area contributed by atoms with Gasteiger partial charge < -0.3 is 20.6 Å². The van der Waals surface area contributed by atoms with Crippen molar-refractivity contribution < 1.29 is 19.5 Å². The van der Waals surface area contributed by atoms with Gasteiger partial charge in [0.25, 0.3) is 11.5 Å². The summed E-state index contributed by atoms with van der Waals surface area (Å²) in [5, 5.41) is 19.0. The van der Waals surface area contributed by atoms with Crippen LogP contribution in [0.4, 0.5) is 5.69 Å². The molecule has 0 aliphatic carbocycles. The van der Waals surface area contributed by atoms with E-state index < -0.39 is 5.60 Å². The quantitative estimate of drug-likeness (QED) is 0.105. The predicted octanol–water partition coefficient (Wildman–Crippen LogP) is 5.59. The summed E-state index contributed by atoms with van der Waals surface area (Å²) in [5.41, 5.74) is 1.62. The number of rotatable bonds is 13. The number of nitrogens with zero attached hydrogens (tertiary/aromatic N) is 4. The van der Waals surface area contributed by atoms with E-state index in [4.69, 9.17) is 23.2 Å². The fourth-order valence-corrected chi connectivity index (χ4v) is 7.04. The van der Waals surface area contributed by atoms with Gasteiger partial charge in [-0.05, 0) is 74.1 Å². The van der Waals surface area contributed by atoms with E-state index in [1.807, 2.05) is 30.3 Å². The van der Waals surface area contributed by atoms with Crippen LogP contribution in [0.15, 0.2) is 90.1 Å². The lowest BCUT2D eigenvalue weighted by Gasteiger charge is -2.39. The zero-order valence-electron chi connectivity index (χ0n) is 28.6. The predicted molar refractivity (Wildman–Crippen MR) is 203 cm³/mol. The van der Waals surface area contributed by atoms with Crippen LogP contribution in [0.5, 0.6) is 0 Å². The molecule has 3 heterocycles. The number of anilines is 1. The smallest absolute Gasteiger partial charge is 0.261 e. The van der Waals surface area contributed by atoms with E-state index >= 15 is 0 Å². The summed E-state index contributed by atoms with van der Waals surface area (Å²) in [7, 11) is 0. The number of hydrogen-bond acceptors (Lipinski definition) is 7. The highest BCUT2D eigenvalue weighted by atomic mass is 35.5. The fraction of sp³-hybridized carbons (Fsp3) is 0.333. The Labute approximate surface area is 311 Å². The number of hydrogen-bond donors (Lipinski definition) is 3. The first kappa shape index (κ1) is 36.9. The Balaban J connectivity index is 1.06. The van der Waals surface area contributed by atoms with Crippen LogP contribution in [-0.4, -0.2) is 73.4 Å². The van der Waals surface area contributed by atoms with Crippen molar-refractivity contribution >= 4 is 68.4 Å². The van der Waals surface area contributed by atoms with E-state index in [0.29, 0.717) is 84.4 Å². The second-order valence-corrected chi connectivity index (χ2v) is 14.0. The third kappa shape index (κ3) is 8.96. The molecule has 1 fully saturated rings. The van der Waals surface area contributed by atoms with Gasteiger partial charge in [-0.3, -0.25) is 28.7 Å². The minimum absolute atomic E-state index is 0.00759. The molecule has 1 aliphatic rings. The molecule has 1 unspecified atom stereocenters. The monoisotopic (exact) mass is 742 g/mol. The second-order valence-electron chi connectivity index (χ2n) is 13.3. The molecule has 3 aromatic carbocycles. The number of pyridine rings is 1. The molecule has 5 aromatic rings. The number of alkyl halides is 1. The standard InChI is InChI=1S/C39H40Cl2N6O5/c40-16-12-35(48)45-29-9-11-31-34(23-29)44-25-47(38(31)51)24-39(52)14-19-46(20-15-39)37(50)28(21-26-5-2-1-3-6-26)7-4-17-43-36(49)27-8-10-30-32(41)13-18-42-33(30)22-27/h1-3,5-6,8-11,13,18,22-23,25,28,52H,4,7,12,14-17,19-21,24H2,(H,43,49)(H,45,48). The zero-order chi connectivity index (χ0) is 36.7. The molecule has 6 rings (SSSR count). The lowest BCUT2D eigenvalue weighted by atomic mass is 9.88. The highest BCUT2D eigenvalue weighted by Gasteiger charge is 2.36. The molecule has 13 heteroatoms. The third-order valence-electron chi connectivity index (χ3n) is 9.54. The van der Waals surface area contributed by atoms with Crippen LogP contribution < -0.4 is 16.2 Å². The van der Waals surface area contributed by atoms with E-state index in [9.17, 15) is 24.3 Å². The number of benzene rings is 3. The van der Waals surface area contributed by atoms with Crippen molar-refractivity contribution in [2.45, 2.75) is 50.7 Å². The number of likely N-dealkylation sites (tertiary alicyclic amines) is 1. The minimum Gasteiger partial charge on any atom is -0.388 e. The summed E-state index contributed by atoms with van der Waals surface area (Å²) in [6, 6.07) is 21.7. The van der Waals surface area contributed by atoms with Crippen molar-refractivity contribution in [3.63, 3.8) is 0 Å². The Bertz CT molecular complexity index is 2140. The first-order chi connectivity index (χ1) is 25.1. The fourth-order valence-electron chi connectivity index (χ4n) is 6.65. The minimum atomic E-state index is -1.20. The normalized spacial score (nSPS) is 14.6. The van der Waals surface area contributed by atoms with Gasteiger partial charge in [0.1, 0.15) is 0 Å². The summed E-state index contributed by atoms with van der Waals surface area (Å²) in [5.74, 6) is -0.549. The van der Waals surface area contributed by atoms with Gasteiger partial charge in [-0.1, -0.05) is 48.0 Å². The molecule has 0 bridgehead atoms. The molecule has 0 saturated carbocycles. The van der Waals surface area contributed by atoms with E-state index in [-0.39, 0.29) is 48.0 Å². The van der Waals surface area contributed by atoms with Crippen LogP contribution in [0.2, 0.25) is 5.02 Å². The average Bonchev–Trinajstić information content (AvgIpc) is 3.14. The van der Waals surface area contributed by atoms with E-state index in [1.54, 1.807) is 53.6 Å². The van der Waals surface area contributed by atoms with Crippen LogP contribution >= 0.6 is 23.2 Å². The number of aromatic nitrogens is 3. The summed E-state index contributed by atoms with van der Waals surface area (Å²) in [6.07, 6.45) is 5.51. The van der Waals surface area contributed by atoms with Gasteiger partial charge >= 0.3 is 0 Å². The number of aliphatic hydroxyl groups is 1. The highest BCUT2D eigenvalue weighted by molar-refractivity contribution is 6.35. The van der Waals surface area contributed by atoms with Crippen molar-refractivity contribution in [3.05, 3.63) is 112 Å². The molecule has 0 radical (unpaired) electrons. The molecule has 1 atom stereocenters. The zero-order valence-corrected chi connectivity index (χ0v) is 30.1. The Morgan fingerprint density at radius 3 is 2.46 bits per heavy atom. The van der Waals surface area contributed by atoms with Gasteiger partial charge in [0, 0.05) is 60.7 Å². The molecule has 270 valence electrons. The van der Waals surface area contributed by atoms with Crippen LogP contribution in [0.25, 0.3) is 21.8 Å². The number of carbonyl (C=O) groups excluding carboxylic acids is 3. The number of halogens is 2. The maximum atomic E-state index is 13.9. The van der Waals surface area contributed by atoms with Crippen molar-refractivity contribution in [2.24, 2.45) is 5.92 Å². The van der Waals surface area contributed by atoms with Crippen molar-refractivity contribution in [2.75, 3.05) is 30.8 Å². The van der Waals surface area contributed by atoms with Gasteiger partial charge in [0.05, 0.1) is 39.9 Å². The lowest BCUT2D eigenvalue weighted by Crippen LogP contribution is -2.51.